The molecule has 3 rings (SSSR count). The van der Waals surface area contributed by atoms with Crippen LogP contribution < -0.4 is 15.3 Å². The second-order valence-electron chi connectivity index (χ2n) is 6.52. The van der Waals surface area contributed by atoms with Crippen molar-refractivity contribution in [3.63, 3.8) is 0 Å². The zero-order valence-corrected chi connectivity index (χ0v) is 17.0. The highest BCUT2D eigenvalue weighted by atomic mass is 16.5. The van der Waals surface area contributed by atoms with Gasteiger partial charge in [0.15, 0.2) is 17.1 Å². The Morgan fingerprint density at radius 1 is 1.07 bits per heavy atom. The number of hydrogen-bond acceptors (Lipinski definition) is 5. The second-order valence-corrected chi connectivity index (χ2v) is 6.52. The highest BCUT2D eigenvalue weighted by Crippen LogP contribution is 2.25. The average molecular weight is 391 g/mol. The molecule has 0 N–H and O–H groups in total. The lowest BCUT2D eigenvalue weighted by atomic mass is 10.1. The van der Waals surface area contributed by atoms with Crippen LogP contribution in [-0.4, -0.2) is 25.5 Å². The number of benzene rings is 2. The Morgan fingerprint density at radius 2 is 1.79 bits per heavy atom. The molecule has 0 amide bonds. The van der Waals surface area contributed by atoms with E-state index < -0.39 is 11.4 Å². The molecule has 0 saturated heterocycles. The predicted octanol–water partition coefficient (Wildman–Crippen LogP) is 4.93. The Labute approximate surface area is 170 Å². The summed E-state index contributed by atoms with van der Waals surface area (Å²) in [6, 6.07) is 14.8. The van der Waals surface area contributed by atoms with Crippen molar-refractivity contribution in [3.05, 3.63) is 76.2 Å². The molecule has 5 nitrogen and oxygen atoms in total. The minimum absolute atomic E-state index is 0.00200. The third kappa shape index (κ3) is 4.57. The van der Waals surface area contributed by atoms with Crippen LogP contribution in [-0.2, 0) is 0 Å². The summed E-state index contributed by atoms with van der Waals surface area (Å²) in [5.41, 5.74) is 1.71. The first kappa shape index (κ1) is 20.4. The van der Waals surface area contributed by atoms with Crippen molar-refractivity contribution in [1.82, 2.24) is 0 Å². The Balaban J connectivity index is 1.84. The number of ketones is 1. The van der Waals surface area contributed by atoms with E-state index in [9.17, 15) is 9.59 Å². The van der Waals surface area contributed by atoms with E-state index in [1.807, 2.05) is 31.2 Å². The molecular formula is C24H25NO4. The summed E-state index contributed by atoms with van der Waals surface area (Å²) in [4.78, 5) is 27.2. The van der Waals surface area contributed by atoms with E-state index in [1.165, 1.54) is 6.08 Å². The van der Waals surface area contributed by atoms with Gasteiger partial charge in [-0.15, -0.1) is 0 Å². The predicted molar refractivity (Wildman–Crippen MR) is 117 cm³/mol. The number of ether oxygens (including phenoxy) is 1. The van der Waals surface area contributed by atoms with Gasteiger partial charge in [-0.25, -0.2) is 4.79 Å². The average Bonchev–Trinajstić information content (AvgIpc) is 2.74. The molecular weight excluding hydrogens is 366 g/mol. The lowest BCUT2D eigenvalue weighted by Gasteiger charge is -2.20. The molecule has 0 aliphatic carbocycles. The molecule has 0 spiro atoms. The van der Waals surface area contributed by atoms with Crippen molar-refractivity contribution in [1.29, 1.82) is 0 Å². The zero-order chi connectivity index (χ0) is 20.8. The first-order chi connectivity index (χ1) is 14.1. The van der Waals surface area contributed by atoms with Crippen LogP contribution in [0.3, 0.4) is 0 Å². The Kier molecular flexibility index (Phi) is 6.50. The number of carbonyl (C=O) groups is 1. The maximum atomic E-state index is 12.6. The smallest absolute Gasteiger partial charge is 0.347 e. The Bertz CT molecular complexity index is 1080. The number of allylic oxidation sites excluding steroid dienone is 1. The largest absolute Gasteiger partial charge is 0.490 e. The van der Waals surface area contributed by atoms with E-state index in [1.54, 1.807) is 30.3 Å². The SMILES string of the molecule is CCOc1cccc2cc(C(=O)/C=C/c3ccc(N(CC)CC)cc3)c(=O)oc12. The van der Waals surface area contributed by atoms with Crippen LogP contribution in [0.15, 0.2) is 63.8 Å². The van der Waals surface area contributed by atoms with Crippen molar-refractivity contribution in [2.75, 3.05) is 24.6 Å². The molecule has 5 heteroatoms. The molecule has 150 valence electrons. The molecule has 0 aliphatic rings. The van der Waals surface area contributed by atoms with Crippen molar-refractivity contribution < 1.29 is 13.9 Å². The summed E-state index contributed by atoms with van der Waals surface area (Å²) < 4.78 is 10.9. The molecule has 0 atom stereocenters. The topological polar surface area (TPSA) is 59.8 Å². The standard InChI is InChI=1S/C24H25NO4/c1-4-25(5-2)19-13-10-17(11-14-19)12-15-21(26)20-16-18-8-7-9-22(28-6-3)23(18)29-24(20)27/h7-16H,4-6H2,1-3H3/b15-12+. The van der Waals surface area contributed by atoms with Crippen LogP contribution >= 0.6 is 0 Å². The van der Waals surface area contributed by atoms with Gasteiger partial charge in [-0.3, -0.25) is 4.79 Å². The van der Waals surface area contributed by atoms with Gasteiger partial charge in [-0.2, -0.15) is 0 Å². The van der Waals surface area contributed by atoms with E-state index >= 15 is 0 Å². The number of para-hydroxylation sites is 1. The van der Waals surface area contributed by atoms with Crippen molar-refractivity contribution in [2.45, 2.75) is 20.8 Å². The Morgan fingerprint density at radius 3 is 2.45 bits per heavy atom. The molecule has 1 aromatic heterocycles. The molecule has 0 bridgehead atoms. The summed E-state index contributed by atoms with van der Waals surface area (Å²) >= 11 is 0. The number of hydrogen-bond donors (Lipinski definition) is 0. The molecule has 2 aromatic carbocycles. The third-order valence-corrected chi connectivity index (χ3v) is 4.74. The van der Waals surface area contributed by atoms with E-state index in [0.717, 1.165) is 24.3 Å². The summed E-state index contributed by atoms with van der Waals surface area (Å²) in [6.45, 7) is 8.41. The quantitative estimate of drug-likeness (QED) is 0.309. The maximum Gasteiger partial charge on any atom is 0.347 e. The zero-order valence-electron chi connectivity index (χ0n) is 17.0. The highest BCUT2D eigenvalue weighted by Gasteiger charge is 2.13. The third-order valence-electron chi connectivity index (χ3n) is 4.74. The van der Waals surface area contributed by atoms with Gasteiger partial charge in [0.2, 0.25) is 0 Å². The van der Waals surface area contributed by atoms with Crippen LogP contribution in [0, 0.1) is 0 Å². The first-order valence-electron chi connectivity index (χ1n) is 9.84. The maximum absolute atomic E-state index is 12.6. The van der Waals surface area contributed by atoms with Gasteiger partial charge < -0.3 is 14.1 Å². The number of carbonyl (C=O) groups excluding carboxylic acids is 1. The number of rotatable bonds is 8. The summed E-state index contributed by atoms with van der Waals surface area (Å²) in [6.07, 6.45) is 3.10. The molecule has 0 radical (unpaired) electrons. The van der Waals surface area contributed by atoms with E-state index in [2.05, 4.69) is 18.7 Å². The van der Waals surface area contributed by atoms with Gasteiger partial charge in [0, 0.05) is 24.2 Å². The van der Waals surface area contributed by atoms with Gasteiger partial charge in [0.1, 0.15) is 5.56 Å². The van der Waals surface area contributed by atoms with Gasteiger partial charge in [0.25, 0.3) is 0 Å². The Hall–Kier alpha value is -3.34. The molecule has 29 heavy (non-hydrogen) atoms. The molecule has 0 fully saturated rings. The number of anilines is 1. The highest BCUT2D eigenvalue weighted by molar-refractivity contribution is 6.08. The fourth-order valence-corrected chi connectivity index (χ4v) is 3.21. The minimum atomic E-state index is -0.670. The van der Waals surface area contributed by atoms with Crippen molar-refractivity contribution in [3.8, 4) is 5.75 Å². The summed E-state index contributed by atoms with van der Waals surface area (Å²) in [5, 5.41) is 0.649. The lowest BCUT2D eigenvalue weighted by Crippen LogP contribution is -2.21. The van der Waals surface area contributed by atoms with Crippen LogP contribution in [0.5, 0.6) is 5.75 Å². The molecule has 0 unspecified atom stereocenters. The van der Waals surface area contributed by atoms with Crippen LogP contribution in [0.4, 0.5) is 5.69 Å². The molecule has 1 heterocycles. The number of fused-ring (bicyclic) bond motifs is 1. The van der Waals surface area contributed by atoms with Gasteiger partial charge >= 0.3 is 5.63 Å². The van der Waals surface area contributed by atoms with Crippen molar-refractivity contribution in [2.24, 2.45) is 0 Å². The van der Waals surface area contributed by atoms with Crippen LogP contribution in [0.2, 0.25) is 0 Å². The fourth-order valence-electron chi connectivity index (χ4n) is 3.21. The monoisotopic (exact) mass is 391 g/mol. The summed E-state index contributed by atoms with van der Waals surface area (Å²) in [7, 11) is 0. The summed E-state index contributed by atoms with van der Waals surface area (Å²) in [5.74, 6) is 0.0974. The first-order valence-corrected chi connectivity index (χ1v) is 9.84. The fraction of sp³-hybridized carbons (Fsp3) is 0.250. The molecule has 0 saturated carbocycles. The van der Waals surface area contributed by atoms with Gasteiger partial charge in [-0.1, -0.05) is 30.3 Å². The molecule has 3 aromatic rings. The number of nitrogens with zero attached hydrogens (tertiary/aromatic N) is 1. The van der Waals surface area contributed by atoms with Crippen molar-refractivity contribution >= 4 is 28.5 Å². The van der Waals surface area contributed by atoms with Gasteiger partial charge in [0.05, 0.1) is 6.61 Å². The van der Waals surface area contributed by atoms with E-state index in [0.29, 0.717) is 23.3 Å². The second kappa shape index (κ2) is 9.24. The van der Waals surface area contributed by atoms with Crippen LogP contribution in [0.1, 0.15) is 36.7 Å². The van der Waals surface area contributed by atoms with Gasteiger partial charge in [-0.05, 0) is 56.7 Å². The normalized spacial score (nSPS) is 11.1. The van der Waals surface area contributed by atoms with E-state index in [4.69, 9.17) is 9.15 Å². The lowest BCUT2D eigenvalue weighted by molar-refractivity contribution is 0.104. The molecule has 0 aliphatic heterocycles. The minimum Gasteiger partial charge on any atom is -0.490 e. The van der Waals surface area contributed by atoms with E-state index in [-0.39, 0.29) is 5.56 Å². The van der Waals surface area contributed by atoms with Crippen LogP contribution in [0.25, 0.3) is 17.0 Å².